The molecule has 8 heteroatoms. The van der Waals surface area contributed by atoms with Gasteiger partial charge in [-0.05, 0) is 50.3 Å². The van der Waals surface area contributed by atoms with E-state index in [0.717, 1.165) is 26.1 Å². The van der Waals surface area contributed by atoms with Gasteiger partial charge in [-0.25, -0.2) is 17.5 Å². The van der Waals surface area contributed by atoms with Crippen molar-refractivity contribution in [2.24, 2.45) is 0 Å². The Kier molecular flexibility index (Phi) is 8.88. The van der Waals surface area contributed by atoms with Gasteiger partial charge in [0.05, 0.1) is 5.75 Å². The lowest BCUT2D eigenvalue weighted by Gasteiger charge is -2.17. The summed E-state index contributed by atoms with van der Waals surface area (Å²) in [5, 5.41) is 2.51. The number of nitrogens with zero attached hydrogens (tertiary/aromatic N) is 1. The second-order valence-corrected chi connectivity index (χ2v) is 7.28. The molecule has 1 amide bonds. The Morgan fingerprint density at radius 2 is 1.75 bits per heavy atom. The van der Waals surface area contributed by atoms with Gasteiger partial charge >= 0.3 is 0 Å². The number of hydrogen-bond acceptors (Lipinski definition) is 4. The zero-order valence-electron chi connectivity index (χ0n) is 14.2. The van der Waals surface area contributed by atoms with Crippen LogP contribution in [0, 0.1) is 5.82 Å². The first kappa shape index (κ1) is 20.5. The van der Waals surface area contributed by atoms with Gasteiger partial charge in [0.15, 0.2) is 0 Å². The number of halogens is 1. The summed E-state index contributed by atoms with van der Waals surface area (Å²) >= 11 is 0. The van der Waals surface area contributed by atoms with Crippen LogP contribution >= 0.6 is 0 Å². The monoisotopic (exact) mass is 359 g/mol. The second-order valence-electron chi connectivity index (χ2n) is 5.36. The molecule has 2 N–H and O–H groups in total. The topological polar surface area (TPSA) is 78.5 Å². The minimum Gasteiger partial charge on any atom is -0.351 e. The highest BCUT2D eigenvalue weighted by molar-refractivity contribution is 7.89. The van der Waals surface area contributed by atoms with Crippen LogP contribution in [0.2, 0.25) is 0 Å². The van der Waals surface area contributed by atoms with Crippen molar-refractivity contribution in [3.63, 3.8) is 0 Å². The maximum absolute atomic E-state index is 12.8. The van der Waals surface area contributed by atoms with E-state index in [4.69, 9.17) is 0 Å². The van der Waals surface area contributed by atoms with E-state index in [1.54, 1.807) is 0 Å². The summed E-state index contributed by atoms with van der Waals surface area (Å²) in [6.45, 7) is 7.25. The Morgan fingerprint density at radius 1 is 1.12 bits per heavy atom. The van der Waals surface area contributed by atoms with E-state index in [1.165, 1.54) is 24.3 Å². The first-order chi connectivity index (χ1) is 11.4. The van der Waals surface area contributed by atoms with Gasteiger partial charge in [-0.1, -0.05) is 13.8 Å². The third-order valence-electron chi connectivity index (χ3n) is 3.63. The van der Waals surface area contributed by atoms with Crippen molar-refractivity contribution in [3.05, 3.63) is 35.6 Å². The van der Waals surface area contributed by atoms with E-state index < -0.39 is 21.7 Å². The lowest BCUT2D eigenvalue weighted by atomic mass is 10.2. The van der Waals surface area contributed by atoms with Crippen LogP contribution in [0.3, 0.4) is 0 Å². The molecule has 0 saturated carbocycles. The molecule has 0 aliphatic heterocycles. The highest BCUT2D eigenvalue weighted by Gasteiger charge is 2.11. The van der Waals surface area contributed by atoms with Gasteiger partial charge < -0.3 is 10.2 Å². The number of rotatable bonds is 11. The molecule has 0 saturated heterocycles. The molecule has 24 heavy (non-hydrogen) atoms. The van der Waals surface area contributed by atoms with Gasteiger partial charge in [-0.3, -0.25) is 4.79 Å². The van der Waals surface area contributed by atoms with Crippen LogP contribution in [0.25, 0.3) is 0 Å². The Morgan fingerprint density at radius 3 is 2.33 bits per heavy atom. The summed E-state index contributed by atoms with van der Waals surface area (Å²) in [5.41, 5.74) is 0.293. The van der Waals surface area contributed by atoms with E-state index in [9.17, 15) is 17.6 Å². The summed E-state index contributed by atoms with van der Waals surface area (Å²) in [6, 6.07) is 5.07. The van der Waals surface area contributed by atoms with Gasteiger partial charge in [0.25, 0.3) is 5.91 Å². The maximum atomic E-state index is 12.8. The normalized spacial score (nSPS) is 11.7. The largest absolute Gasteiger partial charge is 0.351 e. The van der Waals surface area contributed by atoms with Crippen molar-refractivity contribution < 1.29 is 17.6 Å². The Labute approximate surface area is 143 Å². The molecule has 0 unspecified atom stereocenters. The van der Waals surface area contributed by atoms with Crippen LogP contribution < -0.4 is 10.0 Å². The number of benzene rings is 1. The lowest BCUT2D eigenvalue weighted by Crippen LogP contribution is -2.35. The first-order valence-electron chi connectivity index (χ1n) is 8.11. The van der Waals surface area contributed by atoms with Crippen molar-refractivity contribution in [1.29, 1.82) is 0 Å². The van der Waals surface area contributed by atoms with Crippen LogP contribution in [0.5, 0.6) is 0 Å². The minimum absolute atomic E-state index is 0.00158. The van der Waals surface area contributed by atoms with Crippen LogP contribution in [0.4, 0.5) is 4.39 Å². The molecule has 136 valence electrons. The summed E-state index contributed by atoms with van der Waals surface area (Å²) in [5.74, 6) is -1.04. The van der Waals surface area contributed by atoms with E-state index in [-0.39, 0.29) is 12.3 Å². The Bertz CT molecular complexity index is 601. The highest BCUT2D eigenvalue weighted by atomic mass is 32.2. The quantitative estimate of drug-likeness (QED) is 0.582. The molecule has 0 aliphatic carbocycles. The summed E-state index contributed by atoms with van der Waals surface area (Å²) in [6.07, 6.45) is 0.739. The molecule has 0 bridgehead atoms. The predicted octanol–water partition coefficient (Wildman–Crippen LogP) is 1.21. The fourth-order valence-corrected chi connectivity index (χ4v) is 3.12. The van der Waals surface area contributed by atoms with Crippen molar-refractivity contribution in [3.8, 4) is 0 Å². The highest BCUT2D eigenvalue weighted by Crippen LogP contribution is 2.02. The van der Waals surface area contributed by atoms with Crippen molar-refractivity contribution in [2.45, 2.75) is 20.3 Å². The number of carbonyl (C=O) groups excluding carboxylic acids is 1. The summed E-state index contributed by atoms with van der Waals surface area (Å²) in [4.78, 5) is 14.0. The van der Waals surface area contributed by atoms with Crippen LogP contribution in [0.15, 0.2) is 24.3 Å². The fraction of sp³-hybridized carbons (Fsp3) is 0.562. The average Bonchev–Trinajstić information content (AvgIpc) is 2.55. The molecule has 1 aromatic rings. The van der Waals surface area contributed by atoms with Gasteiger partial charge in [-0.2, -0.15) is 0 Å². The van der Waals surface area contributed by atoms with Crippen LogP contribution in [-0.4, -0.2) is 57.7 Å². The van der Waals surface area contributed by atoms with E-state index in [0.29, 0.717) is 12.1 Å². The first-order valence-corrected chi connectivity index (χ1v) is 9.76. The van der Waals surface area contributed by atoms with E-state index >= 15 is 0 Å². The molecule has 0 aromatic heterocycles. The molecular formula is C16H26FN3O3S. The minimum atomic E-state index is -3.42. The van der Waals surface area contributed by atoms with E-state index in [2.05, 4.69) is 28.8 Å². The number of sulfonamides is 1. The molecule has 0 aliphatic rings. The van der Waals surface area contributed by atoms with Crippen molar-refractivity contribution >= 4 is 15.9 Å². The van der Waals surface area contributed by atoms with Crippen LogP contribution in [-0.2, 0) is 10.0 Å². The standard InChI is InChI=1S/C16H26FN3O3S/c1-3-20(4-2)12-5-10-19-24(22,23)13-11-18-16(21)14-6-8-15(17)9-7-14/h6-9,19H,3-5,10-13H2,1-2H3,(H,18,21). The molecule has 1 aromatic carbocycles. The number of carbonyl (C=O) groups is 1. The maximum Gasteiger partial charge on any atom is 0.251 e. The SMILES string of the molecule is CCN(CC)CCCNS(=O)(=O)CCNC(=O)c1ccc(F)cc1. The lowest BCUT2D eigenvalue weighted by molar-refractivity contribution is 0.0956. The van der Waals surface area contributed by atoms with Crippen molar-refractivity contribution in [1.82, 2.24) is 14.9 Å². The third-order valence-corrected chi connectivity index (χ3v) is 5.02. The Balaban J connectivity index is 2.27. The fourth-order valence-electron chi connectivity index (χ4n) is 2.14. The molecule has 1 rings (SSSR count). The molecule has 0 fully saturated rings. The van der Waals surface area contributed by atoms with Gasteiger partial charge in [-0.15, -0.1) is 0 Å². The van der Waals surface area contributed by atoms with Gasteiger partial charge in [0.2, 0.25) is 10.0 Å². The summed E-state index contributed by atoms with van der Waals surface area (Å²) < 4.78 is 39.0. The van der Waals surface area contributed by atoms with Crippen molar-refractivity contribution in [2.75, 3.05) is 38.5 Å². The molecule has 0 heterocycles. The Hall–Kier alpha value is -1.51. The molecule has 0 atom stereocenters. The molecule has 0 spiro atoms. The van der Waals surface area contributed by atoms with E-state index in [1.807, 2.05) is 0 Å². The smallest absolute Gasteiger partial charge is 0.251 e. The number of amides is 1. The summed E-state index contributed by atoms with van der Waals surface area (Å²) in [7, 11) is -3.42. The third kappa shape index (κ3) is 7.85. The van der Waals surface area contributed by atoms with Gasteiger partial charge in [0.1, 0.15) is 5.82 Å². The average molecular weight is 359 g/mol. The number of nitrogens with one attached hydrogen (secondary N) is 2. The van der Waals surface area contributed by atoms with Crippen LogP contribution in [0.1, 0.15) is 30.6 Å². The number of hydrogen-bond donors (Lipinski definition) is 2. The molecule has 6 nitrogen and oxygen atoms in total. The second kappa shape index (κ2) is 10.4. The molecule has 0 radical (unpaired) electrons. The zero-order chi connectivity index (χ0) is 18.0. The molecular weight excluding hydrogens is 333 g/mol. The van der Waals surface area contributed by atoms with Gasteiger partial charge in [0, 0.05) is 18.7 Å². The zero-order valence-corrected chi connectivity index (χ0v) is 15.0. The predicted molar refractivity (Wildman–Crippen MR) is 92.9 cm³/mol.